The van der Waals surface area contributed by atoms with Crippen molar-refractivity contribution in [1.29, 1.82) is 0 Å². The standard InChI is InChI=1S/C20H18N2O6S2/c1-4-22-14-7-11(2)18(10-15(14)28-20(22)24)30(25,26)21-13-5-6-16-12(8-13)9-17(29-16)19(23)27-3/h5-10,21H,4H2,1-3H3. The van der Waals surface area contributed by atoms with Gasteiger partial charge in [0.25, 0.3) is 10.0 Å². The summed E-state index contributed by atoms with van der Waals surface area (Å²) >= 11 is 1.27. The van der Waals surface area contributed by atoms with Crippen molar-refractivity contribution in [3.05, 3.63) is 57.4 Å². The number of aryl methyl sites for hydroxylation is 2. The third-order valence-corrected chi connectivity index (χ3v) is 7.35. The van der Waals surface area contributed by atoms with E-state index in [4.69, 9.17) is 9.15 Å². The summed E-state index contributed by atoms with van der Waals surface area (Å²) in [6, 6.07) is 9.65. The van der Waals surface area contributed by atoms with Crippen LogP contribution in [0.4, 0.5) is 5.69 Å². The Bertz CT molecular complexity index is 1460. The fourth-order valence-corrected chi connectivity index (χ4v) is 5.55. The van der Waals surface area contributed by atoms with Crippen LogP contribution < -0.4 is 10.5 Å². The molecule has 8 nitrogen and oxygen atoms in total. The van der Waals surface area contributed by atoms with Crippen molar-refractivity contribution in [3.8, 4) is 0 Å². The number of carbonyl (C=O) groups excluding carboxylic acids is 1. The van der Waals surface area contributed by atoms with E-state index in [0.717, 1.165) is 10.1 Å². The molecular formula is C20H18N2O6S2. The number of rotatable bonds is 5. The number of fused-ring (bicyclic) bond motifs is 2. The average molecular weight is 447 g/mol. The largest absolute Gasteiger partial charge is 0.465 e. The molecular weight excluding hydrogens is 428 g/mol. The van der Waals surface area contributed by atoms with E-state index >= 15 is 0 Å². The Hall–Kier alpha value is -3.11. The molecule has 0 saturated carbocycles. The van der Waals surface area contributed by atoms with E-state index < -0.39 is 21.7 Å². The van der Waals surface area contributed by atoms with Crippen LogP contribution in [-0.2, 0) is 21.3 Å². The van der Waals surface area contributed by atoms with Gasteiger partial charge in [0, 0.05) is 23.0 Å². The second-order valence-corrected chi connectivity index (χ2v) is 9.39. The zero-order chi connectivity index (χ0) is 21.6. The van der Waals surface area contributed by atoms with Gasteiger partial charge in [0.05, 0.1) is 17.5 Å². The van der Waals surface area contributed by atoms with Crippen molar-refractivity contribution >= 4 is 54.2 Å². The number of hydrogen-bond donors (Lipinski definition) is 1. The summed E-state index contributed by atoms with van der Waals surface area (Å²) in [5.74, 6) is -0.971. The van der Waals surface area contributed by atoms with E-state index in [2.05, 4.69) is 4.72 Å². The van der Waals surface area contributed by atoms with E-state index in [-0.39, 0.29) is 10.5 Å². The maximum atomic E-state index is 13.0. The molecule has 0 saturated heterocycles. The molecule has 0 aliphatic rings. The molecule has 0 atom stereocenters. The minimum atomic E-state index is -3.94. The van der Waals surface area contributed by atoms with Crippen LogP contribution in [0.15, 0.2) is 50.5 Å². The Kier molecular flexibility index (Phi) is 4.91. The van der Waals surface area contributed by atoms with Crippen molar-refractivity contribution in [2.24, 2.45) is 0 Å². The normalized spacial score (nSPS) is 11.8. The van der Waals surface area contributed by atoms with Gasteiger partial charge in [-0.1, -0.05) is 0 Å². The fraction of sp³-hybridized carbons (Fsp3) is 0.200. The number of aromatic nitrogens is 1. The molecule has 4 aromatic rings. The predicted molar refractivity (Wildman–Crippen MR) is 115 cm³/mol. The zero-order valence-corrected chi connectivity index (χ0v) is 18.0. The summed E-state index contributed by atoms with van der Waals surface area (Å²) < 4.78 is 40.8. The number of sulfonamides is 1. The molecule has 2 heterocycles. The number of anilines is 1. The van der Waals surface area contributed by atoms with Crippen molar-refractivity contribution < 1.29 is 22.4 Å². The monoisotopic (exact) mass is 446 g/mol. The smallest absolute Gasteiger partial charge is 0.419 e. The molecule has 0 aliphatic carbocycles. The number of ether oxygens (including phenoxy) is 1. The first-order valence-corrected chi connectivity index (χ1v) is 11.3. The van der Waals surface area contributed by atoms with E-state index in [1.54, 1.807) is 37.3 Å². The molecule has 2 aromatic carbocycles. The molecule has 0 bridgehead atoms. The summed E-state index contributed by atoms with van der Waals surface area (Å²) in [7, 11) is -2.63. The molecule has 30 heavy (non-hydrogen) atoms. The van der Waals surface area contributed by atoms with Crippen molar-refractivity contribution in [2.75, 3.05) is 11.8 Å². The SMILES string of the molecule is CCn1c(=O)oc2cc(S(=O)(=O)Nc3ccc4sc(C(=O)OC)cc4c3)c(C)cc21. The molecule has 1 N–H and O–H groups in total. The first kappa shape index (κ1) is 20.2. The molecule has 156 valence electrons. The Morgan fingerprint density at radius 1 is 1.23 bits per heavy atom. The highest BCUT2D eigenvalue weighted by molar-refractivity contribution is 7.92. The Morgan fingerprint density at radius 3 is 2.70 bits per heavy atom. The topological polar surface area (TPSA) is 108 Å². The molecule has 4 rings (SSSR count). The van der Waals surface area contributed by atoms with Gasteiger partial charge in [-0.15, -0.1) is 11.3 Å². The number of oxazole rings is 1. The van der Waals surface area contributed by atoms with Crippen LogP contribution in [0, 0.1) is 6.92 Å². The summed E-state index contributed by atoms with van der Waals surface area (Å²) in [6.45, 7) is 3.89. The van der Waals surface area contributed by atoms with Crippen LogP contribution in [0.1, 0.15) is 22.2 Å². The van der Waals surface area contributed by atoms with Gasteiger partial charge in [0.15, 0.2) is 5.58 Å². The van der Waals surface area contributed by atoms with Crippen molar-refractivity contribution in [3.63, 3.8) is 0 Å². The number of methoxy groups -OCH3 is 1. The number of thiophene rings is 1. The molecule has 10 heteroatoms. The lowest BCUT2D eigenvalue weighted by molar-refractivity contribution is 0.0606. The number of benzene rings is 2. The molecule has 0 radical (unpaired) electrons. The van der Waals surface area contributed by atoms with Gasteiger partial charge in [0.1, 0.15) is 4.88 Å². The van der Waals surface area contributed by atoms with E-state index in [1.807, 2.05) is 6.92 Å². The van der Waals surface area contributed by atoms with Crippen LogP contribution >= 0.6 is 11.3 Å². The van der Waals surface area contributed by atoms with Crippen LogP contribution in [0.25, 0.3) is 21.2 Å². The van der Waals surface area contributed by atoms with E-state index in [0.29, 0.717) is 28.2 Å². The van der Waals surface area contributed by atoms with Gasteiger partial charge in [-0.25, -0.2) is 18.0 Å². The number of hydrogen-bond acceptors (Lipinski definition) is 7. The second kappa shape index (κ2) is 7.29. The molecule has 2 aromatic heterocycles. The maximum absolute atomic E-state index is 13.0. The average Bonchev–Trinajstić information content (AvgIpc) is 3.25. The number of esters is 1. The Balaban J connectivity index is 1.73. The summed E-state index contributed by atoms with van der Waals surface area (Å²) in [5, 5.41) is 0.721. The van der Waals surface area contributed by atoms with E-state index in [1.165, 1.54) is 29.1 Å². The molecule has 0 amide bonds. The zero-order valence-electron chi connectivity index (χ0n) is 16.4. The van der Waals surface area contributed by atoms with Gasteiger partial charge < -0.3 is 9.15 Å². The third-order valence-electron chi connectivity index (χ3n) is 4.73. The second-order valence-electron chi connectivity index (χ2n) is 6.66. The van der Waals surface area contributed by atoms with E-state index in [9.17, 15) is 18.0 Å². The fourth-order valence-electron chi connectivity index (χ4n) is 3.30. The van der Waals surface area contributed by atoms with Crippen molar-refractivity contribution in [2.45, 2.75) is 25.3 Å². The Labute approximate surface area is 175 Å². The quantitative estimate of drug-likeness (QED) is 0.468. The van der Waals surface area contributed by atoms with Crippen LogP contribution in [0.3, 0.4) is 0 Å². The summed E-state index contributed by atoms with van der Waals surface area (Å²) in [5.41, 5.74) is 1.60. The molecule has 0 fully saturated rings. The first-order valence-electron chi connectivity index (χ1n) is 9.02. The lowest BCUT2D eigenvalue weighted by Crippen LogP contribution is -2.14. The van der Waals surface area contributed by atoms with Gasteiger partial charge in [-0.2, -0.15) is 0 Å². The number of nitrogens with one attached hydrogen (secondary N) is 1. The lowest BCUT2D eigenvalue weighted by atomic mass is 10.2. The molecule has 0 spiro atoms. The summed E-state index contributed by atoms with van der Waals surface area (Å²) in [6.07, 6.45) is 0. The van der Waals surface area contributed by atoms with Gasteiger partial charge in [-0.05, 0) is 55.1 Å². The highest BCUT2D eigenvalue weighted by Crippen LogP contribution is 2.30. The van der Waals surface area contributed by atoms with Crippen molar-refractivity contribution in [1.82, 2.24) is 4.57 Å². The third kappa shape index (κ3) is 3.37. The van der Waals surface area contributed by atoms with Gasteiger partial charge in [0.2, 0.25) is 0 Å². The highest BCUT2D eigenvalue weighted by Gasteiger charge is 2.21. The van der Waals surface area contributed by atoms with Crippen LogP contribution in [0.5, 0.6) is 0 Å². The lowest BCUT2D eigenvalue weighted by Gasteiger charge is -2.11. The minimum Gasteiger partial charge on any atom is -0.465 e. The highest BCUT2D eigenvalue weighted by atomic mass is 32.2. The van der Waals surface area contributed by atoms with Crippen LogP contribution in [-0.4, -0.2) is 26.1 Å². The molecule has 0 unspecified atom stereocenters. The first-order chi connectivity index (χ1) is 14.2. The van der Waals surface area contributed by atoms with Gasteiger partial charge in [-0.3, -0.25) is 9.29 Å². The number of nitrogens with zero attached hydrogens (tertiary/aromatic N) is 1. The molecule has 0 aliphatic heterocycles. The minimum absolute atomic E-state index is 0.0210. The Morgan fingerprint density at radius 2 is 2.00 bits per heavy atom. The summed E-state index contributed by atoms with van der Waals surface area (Å²) in [4.78, 5) is 24.1. The van der Waals surface area contributed by atoms with Gasteiger partial charge >= 0.3 is 11.7 Å². The maximum Gasteiger partial charge on any atom is 0.419 e. The number of carbonyl (C=O) groups is 1. The van der Waals surface area contributed by atoms with Crippen LogP contribution in [0.2, 0.25) is 0 Å². The predicted octanol–water partition coefficient (Wildman–Crippen LogP) is 3.72.